The van der Waals surface area contributed by atoms with Gasteiger partial charge in [0.25, 0.3) is 0 Å². The first-order chi connectivity index (χ1) is 32.0. The minimum atomic E-state index is -0.796. The second kappa shape index (κ2) is 52.7. The van der Waals surface area contributed by atoms with Crippen molar-refractivity contribution in [3.8, 4) is 0 Å². The molecule has 1 unspecified atom stereocenters. The van der Waals surface area contributed by atoms with Gasteiger partial charge in [-0.1, -0.05) is 233 Å². The molecule has 0 aromatic heterocycles. The van der Waals surface area contributed by atoms with Crippen LogP contribution in [0, 0.1) is 0 Å². The first-order valence-corrected chi connectivity index (χ1v) is 26.4. The van der Waals surface area contributed by atoms with Crippen molar-refractivity contribution in [3.63, 3.8) is 0 Å². The molecule has 6 heteroatoms. The second-order valence-electron chi connectivity index (χ2n) is 17.1. The smallest absolute Gasteiger partial charge is 0.306 e. The number of rotatable bonds is 46. The molecule has 0 aromatic carbocycles. The Labute approximate surface area is 400 Å². The Balaban J connectivity index is 4.26. The zero-order valence-corrected chi connectivity index (χ0v) is 42.0. The van der Waals surface area contributed by atoms with Gasteiger partial charge in [0, 0.05) is 19.3 Å². The van der Waals surface area contributed by atoms with Gasteiger partial charge in [-0.25, -0.2) is 0 Å². The Hall–Kier alpha value is -3.93. The van der Waals surface area contributed by atoms with Crippen LogP contribution in [0.1, 0.15) is 226 Å². The van der Waals surface area contributed by atoms with Crippen LogP contribution < -0.4 is 0 Å². The van der Waals surface area contributed by atoms with E-state index in [0.29, 0.717) is 19.3 Å². The summed E-state index contributed by atoms with van der Waals surface area (Å²) in [4.78, 5) is 37.7. The van der Waals surface area contributed by atoms with E-state index in [9.17, 15) is 14.4 Å². The van der Waals surface area contributed by atoms with Crippen molar-refractivity contribution < 1.29 is 28.6 Å². The molecule has 6 nitrogen and oxygen atoms in total. The number of ether oxygens (including phenoxy) is 3. The van der Waals surface area contributed by atoms with Crippen LogP contribution in [-0.2, 0) is 28.6 Å². The van der Waals surface area contributed by atoms with Gasteiger partial charge in [0.2, 0.25) is 0 Å². The van der Waals surface area contributed by atoms with Crippen molar-refractivity contribution in [2.75, 3.05) is 13.2 Å². The predicted molar refractivity (Wildman–Crippen MR) is 279 cm³/mol. The Bertz CT molecular complexity index is 1360. The minimum Gasteiger partial charge on any atom is -0.462 e. The average molecular weight is 901 g/mol. The van der Waals surface area contributed by atoms with E-state index in [4.69, 9.17) is 14.2 Å². The largest absolute Gasteiger partial charge is 0.462 e. The van der Waals surface area contributed by atoms with Gasteiger partial charge >= 0.3 is 17.9 Å². The molecule has 1 atom stereocenters. The van der Waals surface area contributed by atoms with E-state index in [1.165, 1.54) is 77.0 Å². The van der Waals surface area contributed by atoms with Gasteiger partial charge in [0.1, 0.15) is 13.2 Å². The van der Waals surface area contributed by atoms with E-state index in [1.54, 1.807) is 0 Å². The van der Waals surface area contributed by atoms with Crippen molar-refractivity contribution in [1.82, 2.24) is 0 Å². The molecule has 0 N–H and O–H groups in total. The molecule has 0 aliphatic rings. The van der Waals surface area contributed by atoms with E-state index >= 15 is 0 Å². The molecule has 0 amide bonds. The van der Waals surface area contributed by atoms with Gasteiger partial charge in [-0.2, -0.15) is 0 Å². The van der Waals surface area contributed by atoms with Crippen LogP contribution in [-0.4, -0.2) is 37.2 Å². The van der Waals surface area contributed by atoms with Crippen LogP contribution in [0.15, 0.2) is 109 Å². The topological polar surface area (TPSA) is 78.9 Å². The molecule has 0 aliphatic heterocycles. The highest BCUT2D eigenvalue weighted by molar-refractivity contribution is 5.71. The quantitative estimate of drug-likeness (QED) is 0.0262. The fourth-order valence-electron chi connectivity index (χ4n) is 6.85. The summed E-state index contributed by atoms with van der Waals surface area (Å²) in [6, 6.07) is 0. The van der Waals surface area contributed by atoms with Gasteiger partial charge in [-0.3, -0.25) is 14.4 Å². The van der Waals surface area contributed by atoms with Gasteiger partial charge in [-0.15, -0.1) is 0 Å². The van der Waals surface area contributed by atoms with Crippen LogP contribution >= 0.6 is 0 Å². The van der Waals surface area contributed by atoms with E-state index < -0.39 is 6.10 Å². The highest BCUT2D eigenvalue weighted by atomic mass is 16.6. The van der Waals surface area contributed by atoms with Gasteiger partial charge < -0.3 is 14.2 Å². The van der Waals surface area contributed by atoms with E-state index in [2.05, 4.69) is 130 Å². The Morgan fingerprint density at radius 2 is 0.600 bits per heavy atom. The number of allylic oxidation sites excluding steroid dienone is 18. The molecule has 0 spiro atoms. The summed E-state index contributed by atoms with van der Waals surface area (Å²) in [5.74, 6) is -0.973. The molecule has 0 rings (SSSR count). The lowest BCUT2D eigenvalue weighted by Gasteiger charge is -2.18. The molecule has 0 aliphatic carbocycles. The maximum absolute atomic E-state index is 12.7. The summed E-state index contributed by atoms with van der Waals surface area (Å²) in [6.45, 7) is 6.39. The third kappa shape index (κ3) is 50.9. The molecule has 0 aromatic rings. The number of unbranched alkanes of at least 4 members (excludes halogenated alkanes) is 17. The van der Waals surface area contributed by atoms with Crippen LogP contribution in [0.3, 0.4) is 0 Å². The maximum atomic E-state index is 12.7. The van der Waals surface area contributed by atoms with Gasteiger partial charge in [0.15, 0.2) is 6.10 Å². The van der Waals surface area contributed by atoms with Crippen LogP contribution in [0.2, 0.25) is 0 Å². The number of esters is 3. The third-order valence-corrected chi connectivity index (χ3v) is 10.8. The monoisotopic (exact) mass is 901 g/mol. The second-order valence-corrected chi connectivity index (χ2v) is 17.1. The molecule has 65 heavy (non-hydrogen) atoms. The summed E-state index contributed by atoms with van der Waals surface area (Å²) >= 11 is 0. The van der Waals surface area contributed by atoms with Crippen molar-refractivity contribution in [2.24, 2.45) is 0 Å². The number of carbonyl (C=O) groups excluding carboxylic acids is 3. The Morgan fingerprint density at radius 3 is 0.938 bits per heavy atom. The summed E-state index contributed by atoms with van der Waals surface area (Å²) in [6.07, 6.45) is 71.1. The molecule has 0 saturated heterocycles. The Morgan fingerprint density at radius 1 is 0.323 bits per heavy atom. The first kappa shape index (κ1) is 61.1. The summed E-state index contributed by atoms with van der Waals surface area (Å²) in [5, 5.41) is 0. The first-order valence-electron chi connectivity index (χ1n) is 26.4. The standard InChI is InChI=1S/C59H96O6/c1-4-7-10-13-16-18-20-22-23-24-25-26-27-28-29-30-31-32-33-34-35-36-37-38-40-41-43-46-49-52-58(61)64-55-56(54-63-57(60)51-48-45-15-12-9-6-3)65-59(62)53-50-47-44-42-39-21-19-17-14-11-8-5-2/h7,10,16,18,22-23,25-26,28-29,31-32,34-35,37-38,41,43,56H,4-6,8-9,11-15,17,19-21,24,27,30,33,36,39-40,42,44-55H2,1-3H3/b10-7-,18-16-,23-22-,26-25-,29-28-,32-31-,35-34-,38-37-,43-41-. The summed E-state index contributed by atoms with van der Waals surface area (Å²) < 4.78 is 16.6. The lowest BCUT2D eigenvalue weighted by atomic mass is 10.0. The highest BCUT2D eigenvalue weighted by Crippen LogP contribution is 2.14. The molecule has 0 radical (unpaired) electrons. The Kier molecular flexibility index (Phi) is 49.5. The zero-order chi connectivity index (χ0) is 47.2. The van der Waals surface area contributed by atoms with Crippen molar-refractivity contribution in [3.05, 3.63) is 109 Å². The van der Waals surface area contributed by atoms with Crippen molar-refractivity contribution in [2.45, 2.75) is 232 Å². The average Bonchev–Trinajstić information content (AvgIpc) is 3.30. The van der Waals surface area contributed by atoms with E-state index in [1.807, 2.05) is 0 Å². The predicted octanol–water partition coefficient (Wildman–Crippen LogP) is 17.5. The summed E-state index contributed by atoms with van der Waals surface area (Å²) in [7, 11) is 0. The number of hydrogen-bond donors (Lipinski definition) is 0. The molecule has 0 heterocycles. The minimum absolute atomic E-state index is 0.0956. The van der Waals surface area contributed by atoms with Crippen molar-refractivity contribution >= 4 is 17.9 Å². The molecule has 0 bridgehead atoms. The molecule has 0 fully saturated rings. The summed E-state index contributed by atoms with van der Waals surface area (Å²) in [5.41, 5.74) is 0. The zero-order valence-electron chi connectivity index (χ0n) is 42.0. The molecular formula is C59H96O6. The van der Waals surface area contributed by atoms with E-state index in [-0.39, 0.29) is 37.5 Å². The van der Waals surface area contributed by atoms with Crippen LogP contribution in [0.4, 0.5) is 0 Å². The highest BCUT2D eigenvalue weighted by Gasteiger charge is 2.19. The van der Waals surface area contributed by atoms with Crippen LogP contribution in [0.25, 0.3) is 0 Å². The lowest BCUT2D eigenvalue weighted by molar-refractivity contribution is -0.167. The normalized spacial score (nSPS) is 13.0. The molecule has 0 saturated carbocycles. The SMILES string of the molecule is CC/C=C\C/C=C\C/C=C\C/C=C\C/C=C\C/C=C\C/C=C\C/C=C\C/C=C\CCCC(=O)OCC(COC(=O)CCCCCCCC)OC(=O)CCCCCCCCCCCCCC. The maximum Gasteiger partial charge on any atom is 0.306 e. The van der Waals surface area contributed by atoms with Crippen molar-refractivity contribution in [1.29, 1.82) is 0 Å². The lowest BCUT2D eigenvalue weighted by Crippen LogP contribution is -2.30. The third-order valence-electron chi connectivity index (χ3n) is 10.8. The fraction of sp³-hybridized carbons (Fsp3) is 0.644. The fourth-order valence-corrected chi connectivity index (χ4v) is 6.85. The number of hydrogen-bond acceptors (Lipinski definition) is 6. The van der Waals surface area contributed by atoms with Gasteiger partial charge in [-0.05, 0) is 83.5 Å². The number of carbonyl (C=O) groups is 3. The van der Waals surface area contributed by atoms with E-state index in [0.717, 1.165) is 103 Å². The molecule has 368 valence electrons. The van der Waals surface area contributed by atoms with Crippen LogP contribution in [0.5, 0.6) is 0 Å². The van der Waals surface area contributed by atoms with Gasteiger partial charge in [0.05, 0.1) is 0 Å². The molecular weight excluding hydrogens is 805 g/mol.